The summed E-state index contributed by atoms with van der Waals surface area (Å²) in [5.74, 6) is 0.0932. The molecule has 0 amide bonds. The SMILES string of the molecule is CN1CCN(c2cccc(C(=O)Cc3cc4cc(-c5cncn5C)ccc4cn3)c2)CC1. The molecule has 0 atom stereocenters. The number of benzene rings is 2. The Balaban J connectivity index is 1.36. The molecular weight excluding hydrogens is 398 g/mol. The van der Waals surface area contributed by atoms with Crippen LogP contribution in [0.15, 0.2) is 67.3 Å². The Morgan fingerprint density at radius 3 is 2.56 bits per heavy atom. The number of Topliss-reactive ketones (excluding diaryl/α,β-unsaturated/α-hetero) is 1. The molecule has 1 saturated heterocycles. The van der Waals surface area contributed by atoms with E-state index in [1.54, 1.807) is 6.33 Å². The number of rotatable bonds is 5. The zero-order valence-corrected chi connectivity index (χ0v) is 18.5. The van der Waals surface area contributed by atoms with Crippen LogP contribution in [0.4, 0.5) is 5.69 Å². The van der Waals surface area contributed by atoms with Crippen molar-refractivity contribution in [3.8, 4) is 11.3 Å². The molecule has 0 aliphatic carbocycles. The van der Waals surface area contributed by atoms with E-state index in [-0.39, 0.29) is 12.2 Å². The maximum absolute atomic E-state index is 13.1. The van der Waals surface area contributed by atoms with Crippen molar-refractivity contribution < 1.29 is 4.79 Å². The highest BCUT2D eigenvalue weighted by atomic mass is 16.1. The van der Waals surface area contributed by atoms with Crippen molar-refractivity contribution in [2.45, 2.75) is 6.42 Å². The predicted molar refractivity (Wildman–Crippen MR) is 128 cm³/mol. The smallest absolute Gasteiger partial charge is 0.168 e. The molecule has 4 aromatic rings. The van der Waals surface area contributed by atoms with Gasteiger partial charge in [0.25, 0.3) is 0 Å². The molecule has 1 fully saturated rings. The fraction of sp³-hybridized carbons (Fsp3) is 0.269. The van der Waals surface area contributed by atoms with Gasteiger partial charge in [0, 0.05) is 67.3 Å². The van der Waals surface area contributed by atoms with Gasteiger partial charge in [0.15, 0.2) is 5.78 Å². The molecule has 1 aliphatic rings. The molecule has 32 heavy (non-hydrogen) atoms. The minimum absolute atomic E-state index is 0.0932. The number of likely N-dealkylation sites (N-methyl/N-ethyl adjacent to an activating group) is 1. The van der Waals surface area contributed by atoms with Crippen molar-refractivity contribution in [1.29, 1.82) is 0 Å². The lowest BCUT2D eigenvalue weighted by molar-refractivity contribution is 0.0992. The number of aromatic nitrogens is 3. The quantitative estimate of drug-likeness (QED) is 0.455. The Hall–Kier alpha value is -3.51. The van der Waals surface area contributed by atoms with Crippen LogP contribution in [0.3, 0.4) is 0 Å². The summed E-state index contributed by atoms with van der Waals surface area (Å²) in [6.45, 7) is 4.05. The molecule has 0 spiro atoms. The molecule has 0 bridgehead atoms. The predicted octanol–water partition coefficient (Wildman–Crippen LogP) is 3.81. The van der Waals surface area contributed by atoms with Crippen LogP contribution in [0.2, 0.25) is 0 Å². The summed E-state index contributed by atoms with van der Waals surface area (Å²) < 4.78 is 2.00. The van der Waals surface area contributed by atoms with Crippen LogP contribution in [0.25, 0.3) is 22.0 Å². The van der Waals surface area contributed by atoms with Gasteiger partial charge in [0.05, 0.1) is 24.6 Å². The highest BCUT2D eigenvalue weighted by molar-refractivity contribution is 5.98. The van der Waals surface area contributed by atoms with E-state index in [9.17, 15) is 4.79 Å². The van der Waals surface area contributed by atoms with Crippen LogP contribution in [-0.2, 0) is 13.5 Å². The summed E-state index contributed by atoms with van der Waals surface area (Å²) in [4.78, 5) is 26.5. The van der Waals surface area contributed by atoms with Crippen LogP contribution in [0.5, 0.6) is 0 Å². The Kier molecular flexibility index (Phi) is 5.45. The number of ketones is 1. The Morgan fingerprint density at radius 2 is 1.78 bits per heavy atom. The number of fused-ring (bicyclic) bond motifs is 1. The summed E-state index contributed by atoms with van der Waals surface area (Å²) in [5, 5.41) is 2.14. The van der Waals surface area contributed by atoms with Gasteiger partial charge in [-0.25, -0.2) is 4.98 Å². The number of imidazole rings is 1. The zero-order chi connectivity index (χ0) is 22.1. The Bertz CT molecular complexity index is 1270. The van der Waals surface area contributed by atoms with Crippen molar-refractivity contribution in [1.82, 2.24) is 19.4 Å². The summed E-state index contributed by atoms with van der Waals surface area (Å²) in [5.41, 5.74) is 4.81. The summed E-state index contributed by atoms with van der Waals surface area (Å²) >= 11 is 0. The third-order valence-corrected chi connectivity index (χ3v) is 6.27. The summed E-state index contributed by atoms with van der Waals surface area (Å²) in [6, 6.07) is 16.3. The molecule has 2 aromatic heterocycles. The third-order valence-electron chi connectivity index (χ3n) is 6.27. The number of hydrogen-bond acceptors (Lipinski definition) is 5. The second-order valence-corrected chi connectivity index (χ2v) is 8.57. The first-order valence-electron chi connectivity index (χ1n) is 11.0. The lowest BCUT2D eigenvalue weighted by Gasteiger charge is -2.34. The lowest BCUT2D eigenvalue weighted by atomic mass is 10.0. The van der Waals surface area contributed by atoms with Gasteiger partial charge in [-0.2, -0.15) is 0 Å². The molecule has 0 saturated carbocycles. The first-order valence-corrected chi connectivity index (χ1v) is 11.0. The molecule has 162 valence electrons. The Labute approximate surface area is 188 Å². The number of pyridine rings is 1. The number of hydrogen-bond donors (Lipinski definition) is 0. The average molecular weight is 426 g/mol. The van der Waals surface area contributed by atoms with Crippen LogP contribution in [-0.4, -0.2) is 58.4 Å². The average Bonchev–Trinajstić information content (AvgIpc) is 3.25. The molecule has 6 heteroatoms. The fourth-order valence-corrected chi connectivity index (χ4v) is 4.29. The van der Waals surface area contributed by atoms with Crippen LogP contribution in [0.1, 0.15) is 16.1 Å². The van der Waals surface area contributed by atoms with Gasteiger partial charge in [-0.1, -0.05) is 24.3 Å². The normalized spacial score (nSPS) is 14.8. The first-order chi connectivity index (χ1) is 15.6. The van der Waals surface area contributed by atoms with Gasteiger partial charge < -0.3 is 14.4 Å². The summed E-state index contributed by atoms with van der Waals surface area (Å²) in [6.07, 6.45) is 5.80. The number of aryl methyl sites for hydroxylation is 1. The van der Waals surface area contributed by atoms with Gasteiger partial charge >= 0.3 is 0 Å². The molecule has 0 N–H and O–H groups in total. The first kappa shape index (κ1) is 20.4. The van der Waals surface area contributed by atoms with Gasteiger partial charge in [-0.15, -0.1) is 0 Å². The number of anilines is 1. The van der Waals surface area contributed by atoms with Gasteiger partial charge in [0.1, 0.15) is 0 Å². The highest BCUT2D eigenvalue weighted by Crippen LogP contribution is 2.25. The second kappa shape index (κ2) is 8.55. The van der Waals surface area contributed by atoms with E-state index in [1.807, 2.05) is 48.3 Å². The molecule has 5 rings (SSSR count). The van der Waals surface area contributed by atoms with E-state index in [0.717, 1.165) is 65.2 Å². The van der Waals surface area contributed by atoms with Gasteiger partial charge in [-0.3, -0.25) is 9.78 Å². The summed E-state index contributed by atoms with van der Waals surface area (Å²) in [7, 11) is 4.13. The monoisotopic (exact) mass is 425 g/mol. The molecule has 6 nitrogen and oxygen atoms in total. The maximum atomic E-state index is 13.1. The van der Waals surface area contributed by atoms with E-state index < -0.39 is 0 Å². The molecular formula is C26H27N5O. The number of piperazine rings is 1. The minimum Gasteiger partial charge on any atom is -0.369 e. The van der Waals surface area contributed by atoms with E-state index in [1.165, 1.54) is 0 Å². The van der Waals surface area contributed by atoms with Crippen LogP contribution < -0.4 is 4.90 Å². The standard InChI is InChI=1S/C26H27N5O/c1-29-8-10-31(11-9-29)24-5-3-4-20(14-24)26(32)15-23-13-22-12-19(6-7-21(22)16-28-23)25-17-27-18-30(25)2/h3-7,12-14,16-18H,8-11,15H2,1-2H3. The zero-order valence-electron chi connectivity index (χ0n) is 18.5. The molecule has 0 unspecified atom stereocenters. The topological polar surface area (TPSA) is 54.3 Å². The highest BCUT2D eigenvalue weighted by Gasteiger charge is 2.16. The minimum atomic E-state index is 0.0932. The number of carbonyl (C=O) groups is 1. The largest absolute Gasteiger partial charge is 0.369 e. The maximum Gasteiger partial charge on any atom is 0.168 e. The fourth-order valence-electron chi connectivity index (χ4n) is 4.29. The second-order valence-electron chi connectivity index (χ2n) is 8.57. The van der Waals surface area contributed by atoms with Gasteiger partial charge in [-0.05, 0) is 36.7 Å². The molecule has 0 radical (unpaired) electrons. The molecule has 1 aliphatic heterocycles. The van der Waals surface area contributed by atoms with E-state index in [0.29, 0.717) is 0 Å². The number of carbonyl (C=O) groups excluding carboxylic acids is 1. The van der Waals surface area contributed by atoms with Crippen molar-refractivity contribution in [2.24, 2.45) is 7.05 Å². The van der Waals surface area contributed by atoms with Crippen LogP contribution >= 0.6 is 0 Å². The Morgan fingerprint density at radius 1 is 0.938 bits per heavy atom. The van der Waals surface area contributed by atoms with E-state index in [4.69, 9.17) is 0 Å². The van der Waals surface area contributed by atoms with Crippen molar-refractivity contribution in [2.75, 3.05) is 38.1 Å². The van der Waals surface area contributed by atoms with Gasteiger partial charge in [0.2, 0.25) is 0 Å². The van der Waals surface area contributed by atoms with E-state index >= 15 is 0 Å². The third kappa shape index (κ3) is 4.14. The number of nitrogens with zero attached hydrogens (tertiary/aromatic N) is 5. The van der Waals surface area contributed by atoms with Crippen molar-refractivity contribution >= 4 is 22.2 Å². The molecule has 3 heterocycles. The van der Waals surface area contributed by atoms with Crippen molar-refractivity contribution in [3.05, 3.63) is 78.5 Å². The van der Waals surface area contributed by atoms with Crippen LogP contribution in [0, 0.1) is 0 Å². The van der Waals surface area contributed by atoms with E-state index in [2.05, 4.69) is 51.1 Å². The molecule has 2 aromatic carbocycles. The lowest BCUT2D eigenvalue weighted by Crippen LogP contribution is -2.44. The van der Waals surface area contributed by atoms with Crippen molar-refractivity contribution in [3.63, 3.8) is 0 Å².